The van der Waals surface area contributed by atoms with Crippen LogP contribution in [0.25, 0.3) is 11.4 Å². The van der Waals surface area contributed by atoms with Crippen LogP contribution >= 0.6 is 0 Å². The molecule has 0 unspecified atom stereocenters. The van der Waals surface area contributed by atoms with Crippen molar-refractivity contribution < 1.29 is 9.32 Å². The number of carbonyl (C=O) groups excluding carboxylic acids is 1. The van der Waals surface area contributed by atoms with Crippen LogP contribution in [0.2, 0.25) is 0 Å². The first-order valence-electron chi connectivity index (χ1n) is 4.27. The molecule has 2 aromatic rings. The highest BCUT2D eigenvalue weighted by Gasteiger charge is 2.09. The van der Waals surface area contributed by atoms with E-state index in [2.05, 4.69) is 15.1 Å². The molecular weight excluding hydrogens is 196 g/mol. The molecule has 0 aliphatic heterocycles. The number of nitrogens with two attached hydrogens (primary N) is 1. The summed E-state index contributed by atoms with van der Waals surface area (Å²) in [5, 5.41) is 3.72. The van der Waals surface area contributed by atoms with Crippen molar-refractivity contribution in [2.45, 2.75) is 6.42 Å². The summed E-state index contributed by atoms with van der Waals surface area (Å²) in [7, 11) is 0. The van der Waals surface area contributed by atoms with Gasteiger partial charge in [0.2, 0.25) is 17.6 Å². The molecule has 0 radical (unpaired) electrons. The molecule has 2 N–H and O–H groups in total. The molecule has 15 heavy (non-hydrogen) atoms. The van der Waals surface area contributed by atoms with Gasteiger partial charge >= 0.3 is 0 Å². The summed E-state index contributed by atoms with van der Waals surface area (Å²) in [5.41, 5.74) is 5.78. The molecule has 2 heterocycles. The van der Waals surface area contributed by atoms with Crippen LogP contribution in [-0.4, -0.2) is 21.0 Å². The minimum absolute atomic E-state index is 0.0436. The van der Waals surface area contributed by atoms with Crippen LogP contribution < -0.4 is 5.73 Å². The number of rotatable bonds is 3. The number of aromatic nitrogens is 3. The molecule has 0 atom stereocenters. The van der Waals surface area contributed by atoms with Gasteiger partial charge in [-0.2, -0.15) is 4.98 Å². The third-order valence-electron chi connectivity index (χ3n) is 1.73. The van der Waals surface area contributed by atoms with Crippen LogP contribution in [0.5, 0.6) is 0 Å². The Kier molecular flexibility index (Phi) is 2.40. The highest BCUT2D eigenvalue weighted by Crippen LogP contribution is 2.13. The van der Waals surface area contributed by atoms with Crippen LogP contribution in [0.1, 0.15) is 5.89 Å². The normalized spacial score (nSPS) is 10.1. The van der Waals surface area contributed by atoms with Crippen LogP contribution in [0, 0.1) is 0 Å². The van der Waals surface area contributed by atoms with E-state index in [0.29, 0.717) is 5.82 Å². The molecule has 0 saturated carbocycles. The molecule has 0 fully saturated rings. The third kappa shape index (κ3) is 2.16. The van der Waals surface area contributed by atoms with E-state index in [0.717, 1.165) is 5.56 Å². The minimum atomic E-state index is -0.500. The lowest BCUT2D eigenvalue weighted by Gasteiger charge is -1.89. The predicted molar refractivity (Wildman–Crippen MR) is 50.4 cm³/mol. The van der Waals surface area contributed by atoms with Gasteiger partial charge in [0, 0.05) is 18.0 Å². The Morgan fingerprint density at radius 1 is 1.40 bits per heavy atom. The Morgan fingerprint density at radius 3 is 2.80 bits per heavy atom. The monoisotopic (exact) mass is 204 g/mol. The summed E-state index contributed by atoms with van der Waals surface area (Å²) in [6.45, 7) is 0. The number of nitrogens with zero attached hydrogens (tertiary/aromatic N) is 3. The highest BCUT2D eigenvalue weighted by molar-refractivity contribution is 5.75. The van der Waals surface area contributed by atoms with Crippen molar-refractivity contribution in [3.63, 3.8) is 0 Å². The number of pyridine rings is 1. The Hall–Kier alpha value is -2.24. The molecular formula is C9H8N4O2. The molecule has 0 saturated heterocycles. The Labute approximate surface area is 85.1 Å². The molecule has 2 rings (SSSR count). The second kappa shape index (κ2) is 3.87. The van der Waals surface area contributed by atoms with E-state index in [-0.39, 0.29) is 12.3 Å². The van der Waals surface area contributed by atoms with Crippen LogP contribution in [0.15, 0.2) is 29.0 Å². The van der Waals surface area contributed by atoms with E-state index in [1.807, 2.05) is 0 Å². The van der Waals surface area contributed by atoms with Crippen LogP contribution in [0.3, 0.4) is 0 Å². The molecule has 76 valence electrons. The summed E-state index contributed by atoms with van der Waals surface area (Å²) < 4.78 is 4.85. The fourth-order valence-electron chi connectivity index (χ4n) is 1.09. The first kappa shape index (κ1) is 9.32. The van der Waals surface area contributed by atoms with Crippen molar-refractivity contribution in [2.75, 3.05) is 0 Å². The summed E-state index contributed by atoms with van der Waals surface area (Å²) in [4.78, 5) is 18.5. The van der Waals surface area contributed by atoms with Crippen LogP contribution in [-0.2, 0) is 11.2 Å². The van der Waals surface area contributed by atoms with E-state index in [9.17, 15) is 4.79 Å². The van der Waals surface area contributed by atoms with E-state index in [4.69, 9.17) is 10.3 Å². The zero-order valence-corrected chi connectivity index (χ0v) is 7.75. The van der Waals surface area contributed by atoms with Crippen LogP contribution in [0.4, 0.5) is 0 Å². The van der Waals surface area contributed by atoms with Gasteiger partial charge in [0.1, 0.15) is 6.42 Å². The molecule has 0 aliphatic rings. The quantitative estimate of drug-likeness (QED) is 0.768. The lowest BCUT2D eigenvalue weighted by molar-refractivity contribution is -0.117. The van der Waals surface area contributed by atoms with E-state index < -0.39 is 5.91 Å². The molecule has 0 aromatic carbocycles. The second-order valence-corrected chi connectivity index (χ2v) is 2.89. The molecule has 0 spiro atoms. The molecule has 0 aliphatic carbocycles. The lowest BCUT2D eigenvalue weighted by atomic mass is 10.2. The van der Waals surface area contributed by atoms with Gasteiger partial charge in [0.25, 0.3) is 0 Å². The van der Waals surface area contributed by atoms with E-state index in [1.165, 1.54) is 0 Å². The predicted octanol–water partition coefficient (Wildman–Crippen LogP) is 0.159. The van der Waals surface area contributed by atoms with Crippen molar-refractivity contribution in [2.24, 2.45) is 5.73 Å². The smallest absolute Gasteiger partial charge is 0.236 e. The maximum atomic E-state index is 10.6. The summed E-state index contributed by atoms with van der Waals surface area (Å²) >= 11 is 0. The zero-order valence-electron chi connectivity index (χ0n) is 7.75. The number of hydrogen-bond donors (Lipinski definition) is 1. The lowest BCUT2D eigenvalue weighted by Crippen LogP contribution is -2.13. The zero-order chi connectivity index (χ0) is 10.7. The number of amides is 1. The molecule has 2 aromatic heterocycles. The fourth-order valence-corrected chi connectivity index (χ4v) is 1.09. The minimum Gasteiger partial charge on any atom is -0.369 e. The van der Waals surface area contributed by atoms with Gasteiger partial charge in [-0.3, -0.25) is 9.78 Å². The third-order valence-corrected chi connectivity index (χ3v) is 1.73. The van der Waals surface area contributed by atoms with Crippen molar-refractivity contribution >= 4 is 5.91 Å². The van der Waals surface area contributed by atoms with Crippen molar-refractivity contribution in [1.82, 2.24) is 15.1 Å². The van der Waals surface area contributed by atoms with E-state index in [1.54, 1.807) is 24.5 Å². The van der Waals surface area contributed by atoms with Crippen molar-refractivity contribution in [3.05, 3.63) is 30.4 Å². The molecule has 0 bridgehead atoms. The van der Waals surface area contributed by atoms with Gasteiger partial charge in [-0.25, -0.2) is 0 Å². The van der Waals surface area contributed by atoms with Gasteiger partial charge in [-0.05, 0) is 12.1 Å². The average Bonchev–Trinajstić information content (AvgIpc) is 2.67. The fraction of sp³-hybridized carbons (Fsp3) is 0.111. The standard InChI is InChI=1S/C9H8N4O2/c10-7(14)5-8-12-9(13-15-8)6-1-3-11-4-2-6/h1-4H,5H2,(H2,10,14). The SMILES string of the molecule is NC(=O)Cc1nc(-c2ccncc2)no1. The molecule has 6 heteroatoms. The van der Waals surface area contributed by atoms with Crippen molar-refractivity contribution in [1.29, 1.82) is 0 Å². The van der Waals surface area contributed by atoms with Gasteiger partial charge < -0.3 is 10.3 Å². The molecule has 6 nitrogen and oxygen atoms in total. The first-order valence-corrected chi connectivity index (χ1v) is 4.27. The number of carbonyl (C=O) groups is 1. The maximum Gasteiger partial charge on any atom is 0.236 e. The van der Waals surface area contributed by atoms with Gasteiger partial charge in [-0.15, -0.1) is 0 Å². The number of hydrogen-bond acceptors (Lipinski definition) is 5. The van der Waals surface area contributed by atoms with Gasteiger partial charge in [-0.1, -0.05) is 5.16 Å². The Bertz CT molecular complexity index is 466. The second-order valence-electron chi connectivity index (χ2n) is 2.89. The Morgan fingerprint density at radius 2 is 2.13 bits per heavy atom. The van der Waals surface area contributed by atoms with Gasteiger partial charge in [0.15, 0.2) is 0 Å². The Balaban J connectivity index is 2.24. The summed E-state index contributed by atoms with van der Waals surface area (Å²) in [6.07, 6.45) is 3.21. The summed E-state index contributed by atoms with van der Waals surface area (Å²) in [6, 6.07) is 3.50. The molecule has 1 amide bonds. The number of primary amides is 1. The average molecular weight is 204 g/mol. The van der Waals surface area contributed by atoms with E-state index >= 15 is 0 Å². The highest BCUT2D eigenvalue weighted by atomic mass is 16.5. The largest absolute Gasteiger partial charge is 0.369 e. The summed E-state index contributed by atoms with van der Waals surface area (Å²) in [5.74, 6) is 0.142. The van der Waals surface area contributed by atoms with Crippen molar-refractivity contribution in [3.8, 4) is 11.4 Å². The first-order chi connectivity index (χ1) is 7.25. The topological polar surface area (TPSA) is 94.9 Å². The maximum absolute atomic E-state index is 10.6. The van der Waals surface area contributed by atoms with Gasteiger partial charge in [0.05, 0.1) is 0 Å².